The Hall–Kier alpha value is -2.35. The summed E-state index contributed by atoms with van der Waals surface area (Å²) in [6.07, 6.45) is 5.88. The predicted octanol–water partition coefficient (Wildman–Crippen LogP) is 3.43. The van der Waals surface area contributed by atoms with Crippen molar-refractivity contribution in [3.63, 3.8) is 0 Å². The number of hydrogen-bond acceptors (Lipinski definition) is 4. The van der Waals surface area contributed by atoms with Gasteiger partial charge in [-0.15, -0.1) is 12.3 Å². The number of nitrogens with two attached hydrogens (primary N) is 1. The number of nitrogen functional groups attached to an aromatic ring is 1. The van der Waals surface area contributed by atoms with Crippen molar-refractivity contribution in [3.05, 3.63) is 22.3 Å². The number of carbonyl (C=O) groups is 1. The lowest BCUT2D eigenvalue weighted by molar-refractivity contribution is 0.0240. The van der Waals surface area contributed by atoms with Gasteiger partial charge < -0.3 is 20.3 Å². The van der Waals surface area contributed by atoms with Gasteiger partial charge in [-0.2, -0.15) is 0 Å². The fraction of sp³-hybridized carbons (Fsp3) is 0.571. The molecule has 0 aromatic heterocycles. The van der Waals surface area contributed by atoms with E-state index in [2.05, 4.69) is 24.7 Å². The first-order valence-electron chi connectivity index (χ1n) is 9.11. The van der Waals surface area contributed by atoms with Crippen molar-refractivity contribution in [2.75, 3.05) is 36.8 Å². The van der Waals surface area contributed by atoms with Crippen LogP contribution < -0.4 is 10.6 Å². The quantitative estimate of drug-likeness (QED) is 0.651. The van der Waals surface area contributed by atoms with Crippen LogP contribution in [-0.2, 0) is 11.2 Å². The van der Waals surface area contributed by atoms with E-state index in [4.69, 9.17) is 16.9 Å². The van der Waals surface area contributed by atoms with Gasteiger partial charge in [0.2, 0.25) is 0 Å². The molecule has 1 saturated heterocycles. The summed E-state index contributed by atoms with van der Waals surface area (Å²) in [6, 6.07) is 0. The van der Waals surface area contributed by atoms with Gasteiger partial charge in [-0.3, -0.25) is 0 Å². The molecule has 26 heavy (non-hydrogen) atoms. The first kappa shape index (κ1) is 20.0. The third kappa shape index (κ3) is 4.07. The SMILES string of the molecule is C#CCc1c(C)c(N)c(C)c(N2CCN(C(=O)OC(C)(C)C)CC2)c1C. The van der Waals surface area contributed by atoms with Crippen LogP contribution in [0.2, 0.25) is 0 Å². The molecule has 0 bridgehead atoms. The standard InChI is InChI=1S/C21H31N3O2/c1-8-9-17-14(2)18(22)16(4)19(15(17)3)23-10-12-24(13-11-23)20(25)26-21(5,6)7/h1H,9-13,22H2,2-7H3. The zero-order valence-electron chi connectivity index (χ0n) is 16.9. The molecule has 0 radical (unpaired) electrons. The number of carbonyl (C=O) groups excluding carboxylic acids is 1. The normalized spacial score (nSPS) is 15.0. The van der Waals surface area contributed by atoms with E-state index in [-0.39, 0.29) is 6.09 Å². The van der Waals surface area contributed by atoms with Crippen molar-refractivity contribution < 1.29 is 9.53 Å². The molecule has 1 aromatic rings. The zero-order chi connectivity index (χ0) is 19.6. The first-order chi connectivity index (χ1) is 12.1. The number of nitrogens with zero attached hydrogens (tertiary/aromatic N) is 2. The number of amides is 1. The monoisotopic (exact) mass is 357 g/mol. The summed E-state index contributed by atoms with van der Waals surface area (Å²) >= 11 is 0. The number of hydrogen-bond donors (Lipinski definition) is 1. The minimum atomic E-state index is -0.475. The highest BCUT2D eigenvalue weighted by Gasteiger charge is 2.28. The second kappa shape index (κ2) is 7.49. The van der Waals surface area contributed by atoms with Crippen molar-refractivity contribution in [1.82, 2.24) is 4.90 Å². The van der Waals surface area contributed by atoms with Gasteiger partial charge in [0.1, 0.15) is 5.60 Å². The number of ether oxygens (including phenoxy) is 1. The van der Waals surface area contributed by atoms with Crippen molar-refractivity contribution in [2.24, 2.45) is 0 Å². The average molecular weight is 357 g/mol. The summed E-state index contributed by atoms with van der Waals surface area (Å²) in [6.45, 7) is 14.6. The molecule has 0 atom stereocenters. The second-order valence-electron chi connectivity index (χ2n) is 7.95. The van der Waals surface area contributed by atoms with E-state index in [1.165, 1.54) is 5.56 Å². The van der Waals surface area contributed by atoms with Gasteiger partial charge in [0.05, 0.1) is 0 Å². The summed E-state index contributed by atoms with van der Waals surface area (Å²) in [4.78, 5) is 16.3. The van der Waals surface area contributed by atoms with Gasteiger partial charge in [-0.1, -0.05) is 0 Å². The lowest BCUT2D eigenvalue weighted by Gasteiger charge is -2.38. The molecule has 2 rings (SSSR count). The molecule has 0 saturated carbocycles. The van der Waals surface area contributed by atoms with Crippen LogP contribution in [0.3, 0.4) is 0 Å². The summed E-state index contributed by atoms with van der Waals surface area (Å²) in [5.41, 5.74) is 12.3. The largest absolute Gasteiger partial charge is 0.444 e. The number of anilines is 2. The van der Waals surface area contributed by atoms with Crippen molar-refractivity contribution in [1.29, 1.82) is 0 Å². The van der Waals surface area contributed by atoms with E-state index < -0.39 is 5.60 Å². The van der Waals surface area contributed by atoms with Gasteiger partial charge >= 0.3 is 6.09 Å². The van der Waals surface area contributed by atoms with E-state index in [1.54, 1.807) is 4.90 Å². The Morgan fingerprint density at radius 3 is 2.19 bits per heavy atom. The summed E-state index contributed by atoms with van der Waals surface area (Å²) < 4.78 is 5.48. The highest BCUT2D eigenvalue weighted by atomic mass is 16.6. The minimum absolute atomic E-state index is 0.248. The van der Waals surface area contributed by atoms with E-state index in [9.17, 15) is 4.79 Å². The predicted molar refractivity (Wildman–Crippen MR) is 108 cm³/mol. The Morgan fingerprint density at radius 1 is 1.12 bits per heavy atom. The summed E-state index contributed by atoms with van der Waals surface area (Å²) in [7, 11) is 0. The Morgan fingerprint density at radius 2 is 1.69 bits per heavy atom. The van der Waals surface area contributed by atoms with Crippen molar-refractivity contribution in [3.8, 4) is 12.3 Å². The third-order valence-electron chi connectivity index (χ3n) is 4.95. The van der Waals surface area contributed by atoms with Crippen LogP contribution in [0, 0.1) is 33.1 Å². The summed E-state index contributed by atoms with van der Waals surface area (Å²) in [5, 5.41) is 0. The second-order valence-corrected chi connectivity index (χ2v) is 7.95. The maximum Gasteiger partial charge on any atom is 0.410 e. The fourth-order valence-electron chi connectivity index (χ4n) is 3.56. The highest BCUT2D eigenvalue weighted by molar-refractivity contribution is 5.75. The Labute approximate surface area is 157 Å². The summed E-state index contributed by atoms with van der Waals surface area (Å²) in [5.74, 6) is 2.74. The highest BCUT2D eigenvalue weighted by Crippen LogP contribution is 2.36. The average Bonchev–Trinajstić information content (AvgIpc) is 2.56. The Balaban J connectivity index is 2.22. The maximum absolute atomic E-state index is 12.3. The van der Waals surface area contributed by atoms with E-state index in [0.29, 0.717) is 19.5 Å². The van der Waals surface area contributed by atoms with Crippen LogP contribution in [0.5, 0.6) is 0 Å². The molecule has 1 aromatic carbocycles. The molecule has 2 N–H and O–H groups in total. The minimum Gasteiger partial charge on any atom is -0.444 e. The number of terminal acetylenes is 1. The van der Waals surface area contributed by atoms with Crippen molar-refractivity contribution in [2.45, 2.75) is 53.6 Å². The molecule has 0 unspecified atom stereocenters. The van der Waals surface area contributed by atoms with Crippen LogP contribution in [0.1, 0.15) is 43.0 Å². The van der Waals surface area contributed by atoms with Gasteiger partial charge in [0.15, 0.2) is 0 Å². The Kier molecular flexibility index (Phi) is 5.75. The molecule has 1 fully saturated rings. The van der Waals surface area contributed by atoms with Crippen LogP contribution in [-0.4, -0.2) is 42.8 Å². The fourth-order valence-corrected chi connectivity index (χ4v) is 3.56. The topological polar surface area (TPSA) is 58.8 Å². The van der Waals surface area contributed by atoms with Crippen molar-refractivity contribution >= 4 is 17.5 Å². The molecule has 1 amide bonds. The molecule has 0 spiro atoms. The van der Waals surface area contributed by atoms with E-state index in [1.807, 2.05) is 27.7 Å². The number of piperazine rings is 1. The third-order valence-corrected chi connectivity index (χ3v) is 4.95. The smallest absolute Gasteiger partial charge is 0.410 e. The molecule has 1 aliphatic heterocycles. The molecule has 1 aliphatic rings. The van der Waals surface area contributed by atoms with Gasteiger partial charge in [0.25, 0.3) is 0 Å². The van der Waals surface area contributed by atoms with Gasteiger partial charge in [-0.25, -0.2) is 4.79 Å². The van der Waals surface area contributed by atoms with E-state index >= 15 is 0 Å². The maximum atomic E-state index is 12.3. The zero-order valence-corrected chi connectivity index (χ0v) is 16.9. The van der Waals surface area contributed by atoms with Crippen LogP contribution >= 0.6 is 0 Å². The molecule has 0 aliphatic carbocycles. The molecule has 1 heterocycles. The van der Waals surface area contributed by atoms with Gasteiger partial charge in [-0.05, 0) is 63.8 Å². The molecule has 5 heteroatoms. The van der Waals surface area contributed by atoms with Crippen LogP contribution in [0.25, 0.3) is 0 Å². The first-order valence-corrected chi connectivity index (χ1v) is 9.11. The molecule has 5 nitrogen and oxygen atoms in total. The molecular formula is C21H31N3O2. The lowest BCUT2D eigenvalue weighted by Crippen LogP contribution is -2.50. The number of rotatable bonds is 2. The number of benzene rings is 1. The van der Waals surface area contributed by atoms with Crippen LogP contribution in [0.4, 0.5) is 16.2 Å². The van der Waals surface area contributed by atoms with Crippen LogP contribution in [0.15, 0.2) is 0 Å². The Bertz CT molecular complexity index is 733. The molecular weight excluding hydrogens is 326 g/mol. The molecule has 142 valence electrons. The van der Waals surface area contributed by atoms with E-state index in [0.717, 1.165) is 41.2 Å². The lowest BCUT2D eigenvalue weighted by atomic mass is 9.92. The van der Waals surface area contributed by atoms with Gasteiger partial charge in [0, 0.05) is 44.0 Å².